The fraction of sp³-hybridized carbons (Fsp3) is 0.333. The molecule has 0 spiro atoms. The van der Waals surface area contributed by atoms with E-state index in [4.69, 9.17) is 0 Å². The SMILES string of the molecule is CCc1ccccc1N1CC(C(=O)Nc2ccc(OCC(F)(F)F)cc2)CC1=O. The highest BCUT2D eigenvalue weighted by Gasteiger charge is 2.35. The number of carbonyl (C=O) groups excluding carboxylic acids is 2. The van der Waals surface area contributed by atoms with Crippen LogP contribution in [0.3, 0.4) is 0 Å². The third kappa shape index (κ3) is 5.28. The molecule has 1 unspecified atom stereocenters. The van der Waals surface area contributed by atoms with Crippen LogP contribution in [-0.4, -0.2) is 31.1 Å². The number of hydrogen-bond donors (Lipinski definition) is 1. The number of aryl methyl sites for hydroxylation is 1. The van der Waals surface area contributed by atoms with Crippen LogP contribution < -0.4 is 15.0 Å². The minimum absolute atomic E-state index is 0.0544. The summed E-state index contributed by atoms with van der Waals surface area (Å²) in [5, 5.41) is 2.71. The van der Waals surface area contributed by atoms with Crippen LogP contribution >= 0.6 is 0 Å². The smallest absolute Gasteiger partial charge is 0.422 e. The Morgan fingerprint density at radius 1 is 1.17 bits per heavy atom. The summed E-state index contributed by atoms with van der Waals surface area (Å²) in [7, 11) is 0. The molecule has 1 aliphatic rings. The van der Waals surface area contributed by atoms with E-state index < -0.39 is 18.7 Å². The fourth-order valence-electron chi connectivity index (χ4n) is 3.23. The zero-order chi connectivity index (χ0) is 21.0. The Kier molecular flexibility index (Phi) is 6.10. The standard InChI is InChI=1S/C21H21F3N2O3/c1-2-14-5-3-4-6-18(14)26-12-15(11-19(26)27)20(28)25-16-7-9-17(10-8-16)29-13-21(22,23)24/h3-10,15H,2,11-13H2,1H3,(H,25,28). The van der Waals surface area contributed by atoms with E-state index in [0.717, 1.165) is 17.7 Å². The van der Waals surface area contributed by atoms with Gasteiger partial charge in [0.1, 0.15) is 5.75 Å². The minimum atomic E-state index is -4.41. The molecule has 5 nitrogen and oxygen atoms in total. The molecule has 0 radical (unpaired) electrons. The number of nitrogens with zero attached hydrogens (tertiary/aromatic N) is 1. The first-order chi connectivity index (χ1) is 13.8. The van der Waals surface area contributed by atoms with Gasteiger partial charge in [0.25, 0.3) is 0 Å². The first-order valence-corrected chi connectivity index (χ1v) is 9.25. The number of halogens is 3. The van der Waals surface area contributed by atoms with Crippen molar-refractivity contribution in [2.45, 2.75) is 25.9 Å². The van der Waals surface area contributed by atoms with Gasteiger partial charge in [-0.05, 0) is 42.3 Å². The van der Waals surface area contributed by atoms with Crippen LogP contribution in [0.15, 0.2) is 48.5 Å². The maximum absolute atomic E-state index is 12.6. The maximum Gasteiger partial charge on any atom is 0.422 e. The molecule has 8 heteroatoms. The Morgan fingerprint density at radius 2 is 1.86 bits per heavy atom. The summed E-state index contributed by atoms with van der Waals surface area (Å²) >= 11 is 0. The van der Waals surface area contributed by atoms with E-state index in [1.165, 1.54) is 24.3 Å². The summed E-state index contributed by atoms with van der Waals surface area (Å²) in [6.45, 7) is 0.915. The predicted molar refractivity (Wildman–Crippen MR) is 103 cm³/mol. The van der Waals surface area contributed by atoms with Gasteiger partial charge in [0.05, 0.1) is 5.92 Å². The second kappa shape index (κ2) is 8.55. The fourth-order valence-corrected chi connectivity index (χ4v) is 3.23. The number of alkyl halides is 3. The molecule has 0 aliphatic carbocycles. The molecule has 2 amide bonds. The Bertz CT molecular complexity index is 881. The molecule has 3 rings (SSSR count). The van der Waals surface area contributed by atoms with Crippen LogP contribution in [0, 0.1) is 5.92 Å². The van der Waals surface area contributed by atoms with Crippen LogP contribution in [0.5, 0.6) is 5.75 Å². The molecule has 1 fully saturated rings. The Balaban J connectivity index is 1.61. The summed E-state index contributed by atoms with van der Waals surface area (Å²) in [5.74, 6) is -0.868. The minimum Gasteiger partial charge on any atom is -0.484 e. The molecule has 2 aromatic carbocycles. The van der Waals surface area contributed by atoms with Gasteiger partial charge in [0.15, 0.2) is 6.61 Å². The largest absolute Gasteiger partial charge is 0.484 e. The number of anilines is 2. The molecule has 1 atom stereocenters. The molecule has 0 saturated carbocycles. The van der Waals surface area contributed by atoms with Crippen molar-refractivity contribution in [3.8, 4) is 5.75 Å². The Hall–Kier alpha value is -3.03. The van der Waals surface area contributed by atoms with Gasteiger partial charge in [-0.3, -0.25) is 9.59 Å². The summed E-state index contributed by atoms with van der Waals surface area (Å²) in [4.78, 5) is 26.6. The van der Waals surface area contributed by atoms with Crippen LogP contribution in [0.25, 0.3) is 0 Å². The van der Waals surface area contributed by atoms with Gasteiger partial charge in [-0.1, -0.05) is 25.1 Å². The van der Waals surface area contributed by atoms with E-state index in [1.807, 2.05) is 31.2 Å². The number of hydrogen-bond acceptors (Lipinski definition) is 3. The van der Waals surface area contributed by atoms with Crippen molar-refractivity contribution in [2.24, 2.45) is 5.92 Å². The lowest BCUT2D eigenvalue weighted by atomic mass is 10.1. The average Bonchev–Trinajstić information content (AvgIpc) is 3.08. The number of ether oxygens (including phenoxy) is 1. The number of para-hydroxylation sites is 1. The highest BCUT2D eigenvalue weighted by Crippen LogP contribution is 2.29. The molecule has 0 aromatic heterocycles. The van der Waals surface area contributed by atoms with Gasteiger partial charge in [-0.25, -0.2) is 0 Å². The summed E-state index contributed by atoms with van der Waals surface area (Å²) in [5.41, 5.74) is 2.28. The third-order valence-electron chi connectivity index (χ3n) is 4.68. The number of carbonyl (C=O) groups is 2. The number of rotatable bonds is 6. The Labute approximate surface area is 166 Å². The van der Waals surface area contributed by atoms with Crippen molar-refractivity contribution < 1.29 is 27.5 Å². The highest BCUT2D eigenvalue weighted by molar-refractivity contribution is 6.03. The molecular weight excluding hydrogens is 385 g/mol. The maximum atomic E-state index is 12.6. The second-order valence-corrected chi connectivity index (χ2v) is 6.81. The average molecular weight is 406 g/mol. The van der Waals surface area contributed by atoms with Crippen molar-refractivity contribution >= 4 is 23.2 Å². The molecule has 1 saturated heterocycles. The third-order valence-corrected chi connectivity index (χ3v) is 4.68. The van der Waals surface area contributed by atoms with Gasteiger partial charge in [0, 0.05) is 24.3 Å². The molecule has 1 heterocycles. The monoisotopic (exact) mass is 406 g/mol. The second-order valence-electron chi connectivity index (χ2n) is 6.81. The van der Waals surface area contributed by atoms with Crippen molar-refractivity contribution in [3.63, 3.8) is 0 Å². The first kappa shape index (κ1) is 20.7. The quantitative estimate of drug-likeness (QED) is 0.783. The van der Waals surface area contributed by atoms with E-state index in [-0.39, 0.29) is 30.5 Å². The number of amides is 2. The molecular formula is C21H21F3N2O3. The van der Waals surface area contributed by atoms with E-state index in [0.29, 0.717) is 5.69 Å². The van der Waals surface area contributed by atoms with E-state index in [9.17, 15) is 22.8 Å². The van der Waals surface area contributed by atoms with Crippen molar-refractivity contribution in [1.29, 1.82) is 0 Å². The van der Waals surface area contributed by atoms with Crippen LogP contribution in [0.4, 0.5) is 24.5 Å². The molecule has 29 heavy (non-hydrogen) atoms. The first-order valence-electron chi connectivity index (χ1n) is 9.25. The van der Waals surface area contributed by atoms with Gasteiger partial charge in [0.2, 0.25) is 11.8 Å². The van der Waals surface area contributed by atoms with Crippen LogP contribution in [0.2, 0.25) is 0 Å². The Morgan fingerprint density at radius 3 is 2.52 bits per heavy atom. The number of nitrogens with one attached hydrogen (secondary N) is 1. The lowest BCUT2D eigenvalue weighted by Gasteiger charge is -2.20. The summed E-state index contributed by atoms with van der Waals surface area (Å²) in [6, 6.07) is 13.2. The predicted octanol–water partition coefficient (Wildman–Crippen LogP) is 4.18. The van der Waals surface area contributed by atoms with Crippen LogP contribution in [0.1, 0.15) is 18.9 Å². The topological polar surface area (TPSA) is 58.6 Å². The van der Waals surface area contributed by atoms with Gasteiger partial charge < -0.3 is 15.0 Å². The summed E-state index contributed by atoms with van der Waals surface area (Å²) in [6.07, 6.45) is -3.53. The zero-order valence-corrected chi connectivity index (χ0v) is 15.8. The lowest BCUT2D eigenvalue weighted by molar-refractivity contribution is -0.153. The highest BCUT2D eigenvalue weighted by atomic mass is 19.4. The van der Waals surface area contributed by atoms with Gasteiger partial charge in [-0.2, -0.15) is 13.2 Å². The van der Waals surface area contributed by atoms with Gasteiger partial charge >= 0.3 is 6.18 Å². The number of benzene rings is 2. The molecule has 0 bridgehead atoms. The van der Waals surface area contributed by atoms with Crippen molar-refractivity contribution in [3.05, 3.63) is 54.1 Å². The van der Waals surface area contributed by atoms with Gasteiger partial charge in [-0.15, -0.1) is 0 Å². The molecule has 1 N–H and O–H groups in total. The van der Waals surface area contributed by atoms with E-state index in [2.05, 4.69) is 10.1 Å². The van der Waals surface area contributed by atoms with Crippen LogP contribution in [-0.2, 0) is 16.0 Å². The normalized spacial score (nSPS) is 16.8. The summed E-state index contributed by atoms with van der Waals surface area (Å²) < 4.78 is 41.2. The zero-order valence-electron chi connectivity index (χ0n) is 15.8. The van der Waals surface area contributed by atoms with Crippen molar-refractivity contribution in [1.82, 2.24) is 0 Å². The van der Waals surface area contributed by atoms with Crippen molar-refractivity contribution in [2.75, 3.05) is 23.4 Å². The molecule has 1 aliphatic heterocycles. The molecule has 2 aromatic rings. The van der Waals surface area contributed by atoms with E-state index >= 15 is 0 Å². The van der Waals surface area contributed by atoms with E-state index in [1.54, 1.807) is 4.90 Å². The lowest BCUT2D eigenvalue weighted by Crippen LogP contribution is -2.28. The molecule has 154 valence electrons.